The highest BCUT2D eigenvalue weighted by Crippen LogP contribution is 1.81. The summed E-state index contributed by atoms with van der Waals surface area (Å²) in [6.45, 7) is 3.41. The smallest absolute Gasteiger partial charge is 0.169 e. The number of hydrogen-bond donors (Lipinski definition) is 0. The molecular weight excluding hydrogens is 186 g/mol. The molecule has 3 nitrogen and oxygen atoms in total. The van der Waals surface area contributed by atoms with Crippen molar-refractivity contribution in [1.82, 2.24) is 0 Å². The van der Waals surface area contributed by atoms with Gasteiger partial charge in [-0.1, -0.05) is 36.4 Å². The summed E-state index contributed by atoms with van der Waals surface area (Å²) < 4.78 is 22.5. The highest BCUT2D eigenvalue weighted by Gasteiger charge is 1.82. The standard InChI is InChI=1S/C6H6.C3H7NO2S/c1-2-4-6-5-3-1;1-3(2)4-7(5)6/h1-6H;3H,1-2H3. The molecule has 0 atom stereocenters. The average Bonchev–Trinajstić information content (AvgIpc) is 2.06. The van der Waals surface area contributed by atoms with E-state index < -0.39 is 10.5 Å². The van der Waals surface area contributed by atoms with E-state index in [1.165, 1.54) is 0 Å². The van der Waals surface area contributed by atoms with Gasteiger partial charge in [-0.25, -0.2) is 0 Å². The third-order valence-corrected chi connectivity index (χ3v) is 1.56. The summed E-state index contributed by atoms with van der Waals surface area (Å²) in [4.78, 5) is 0. The second-order valence-electron chi connectivity index (χ2n) is 2.57. The number of benzene rings is 1. The van der Waals surface area contributed by atoms with Gasteiger partial charge in [0.2, 0.25) is 0 Å². The van der Waals surface area contributed by atoms with Crippen molar-refractivity contribution >= 4 is 10.5 Å². The van der Waals surface area contributed by atoms with Crippen molar-refractivity contribution in [3.8, 4) is 0 Å². The monoisotopic (exact) mass is 199 g/mol. The lowest BCUT2D eigenvalue weighted by molar-refractivity contribution is 0.617. The van der Waals surface area contributed by atoms with E-state index in [-0.39, 0.29) is 6.04 Å². The molecule has 0 amide bonds. The lowest BCUT2D eigenvalue weighted by Crippen LogP contribution is -1.84. The summed E-state index contributed by atoms with van der Waals surface area (Å²) >= 11 is 0. The molecule has 0 aliphatic heterocycles. The first kappa shape index (κ1) is 11.8. The zero-order valence-electron chi connectivity index (χ0n) is 7.71. The second-order valence-corrected chi connectivity index (χ2v) is 3.22. The van der Waals surface area contributed by atoms with Crippen LogP contribution in [0.5, 0.6) is 0 Å². The van der Waals surface area contributed by atoms with Crippen LogP contribution in [0.4, 0.5) is 0 Å². The lowest BCUT2D eigenvalue weighted by atomic mass is 10.4. The van der Waals surface area contributed by atoms with Crippen LogP contribution < -0.4 is 0 Å². The molecule has 0 bridgehead atoms. The van der Waals surface area contributed by atoms with Gasteiger partial charge in [-0.3, -0.25) is 0 Å². The zero-order chi connectivity index (χ0) is 10.1. The third-order valence-electron chi connectivity index (χ3n) is 0.964. The molecule has 0 aliphatic carbocycles. The Kier molecular flexibility index (Phi) is 6.82. The minimum atomic E-state index is -2.22. The van der Waals surface area contributed by atoms with Crippen molar-refractivity contribution in [3.05, 3.63) is 36.4 Å². The molecule has 0 aromatic heterocycles. The maximum Gasteiger partial charge on any atom is 0.311 e. The summed E-state index contributed by atoms with van der Waals surface area (Å²) in [5.74, 6) is 0. The predicted octanol–water partition coefficient (Wildman–Crippen LogP) is 2.14. The fourth-order valence-electron chi connectivity index (χ4n) is 0.557. The van der Waals surface area contributed by atoms with Gasteiger partial charge in [0.15, 0.2) is 0 Å². The number of nitrogens with zero attached hydrogens (tertiary/aromatic N) is 1. The van der Waals surface area contributed by atoms with Crippen molar-refractivity contribution in [2.75, 3.05) is 0 Å². The van der Waals surface area contributed by atoms with Gasteiger partial charge in [0.25, 0.3) is 0 Å². The molecule has 1 aromatic rings. The van der Waals surface area contributed by atoms with Crippen LogP contribution in [-0.2, 0) is 10.5 Å². The first-order chi connectivity index (χ1) is 6.13. The van der Waals surface area contributed by atoms with Crippen LogP contribution in [0.2, 0.25) is 0 Å². The first-order valence-electron chi connectivity index (χ1n) is 3.93. The van der Waals surface area contributed by atoms with E-state index >= 15 is 0 Å². The minimum absolute atomic E-state index is 0.113. The molecule has 1 rings (SSSR count). The Morgan fingerprint density at radius 1 is 0.923 bits per heavy atom. The van der Waals surface area contributed by atoms with Crippen LogP contribution in [0.25, 0.3) is 0 Å². The molecule has 0 saturated carbocycles. The van der Waals surface area contributed by atoms with E-state index in [0.717, 1.165) is 0 Å². The maximum atomic E-state index is 9.64. The van der Waals surface area contributed by atoms with Gasteiger partial charge in [-0.05, 0) is 13.8 Å². The van der Waals surface area contributed by atoms with E-state index in [0.29, 0.717) is 0 Å². The van der Waals surface area contributed by atoms with Crippen LogP contribution in [0.3, 0.4) is 0 Å². The molecule has 4 heteroatoms. The number of rotatable bonds is 1. The van der Waals surface area contributed by atoms with E-state index in [4.69, 9.17) is 0 Å². The van der Waals surface area contributed by atoms with Crippen molar-refractivity contribution in [1.29, 1.82) is 0 Å². The van der Waals surface area contributed by atoms with Gasteiger partial charge in [0.1, 0.15) is 0 Å². The lowest BCUT2D eigenvalue weighted by Gasteiger charge is -1.82. The van der Waals surface area contributed by atoms with Gasteiger partial charge in [-0.15, -0.1) is 0 Å². The van der Waals surface area contributed by atoms with Gasteiger partial charge in [0.05, 0.1) is 6.04 Å². The van der Waals surface area contributed by atoms with Crippen molar-refractivity contribution in [2.45, 2.75) is 19.9 Å². The largest absolute Gasteiger partial charge is 0.311 e. The summed E-state index contributed by atoms with van der Waals surface area (Å²) in [6.07, 6.45) is 0. The summed E-state index contributed by atoms with van der Waals surface area (Å²) in [6, 6.07) is 11.9. The Balaban J connectivity index is 0.000000223. The molecule has 0 saturated heterocycles. The molecule has 13 heavy (non-hydrogen) atoms. The molecule has 0 aliphatic rings. The van der Waals surface area contributed by atoms with Crippen molar-refractivity contribution < 1.29 is 8.42 Å². The molecule has 0 heterocycles. The van der Waals surface area contributed by atoms with Gasteiger partial charge in [-0.2, -0.15) is 12.8 Å². The SMILES string of the molecule is CC(C)N=S(=O)=O.c1ccccc1. The predicted molar refractivity (Wildman–Crippen MR) is 52.9 cm³/mol. The normalized spacial score (nSPS) is 8.54. The molecular formula is C9H13NO2S. The van der Waals surface area contributed by atoms with Crippen LogP contribution in [0.1, 0.15) is 13.8 Å². The Morgan fingerprint density at radius 2 is 1.23 bits per heavy atom. The van der Waals surface area contributed by atoms with E-state index in [2.05, 4.69) is 4.36 Å². The van der Waals surface area contributed by atoms with Crippen LogP contribution in [0.15, 0.2) is 40.8 Å². The van der Waals surface area contributed by atoms with E-state index in [9.17, 15) is 8.42 Å². The molecule has 0 N–H and O–H groups in total. The maximum absolute atomic E-state index is 9.64. The molecule has 0 radical (unpaired) electrons. The summed E-state index contributed by atoms with van der Waals surface area (Å²) in [5, 5.41) is 0. The Hall–Kier alpha value is -1.16. The highest BCUT2D eigenvalue weighted by atomic mass is 32.2. The zero-order valence-corrected chi connectivity index (χ0v) is 8.53. The van der Waals surface area contributed by atoms with Crippen LogP contribution in [0, 0.1) is 0 Å². The second kappa shape index (κ2) is 7.49. The Morgan fingerprint density at radius 3 is 1.31 bits per heavy atom. The van der Waals surface area contributed by atoms with E-state index in [1.54, 1.807) is 13.8 Å². The highest BCUT2D eigenvalue weighted by molar-refractivity contribution is 7.61. The Bertz CT molecular complexity index is 295. The van der Waals surface area contributed by atoms with Crippen molar-refractivity contribution in [2.24, 2.45) is 4.36 Å². The van der Waals surface area contributed by atoms with Crippen molar-refractivity contribution in [3.63, 3.8) is 0 Å². The summed E-state index contributed by atoms with van der Waals surface area (Å²) in [7, 11) is -2.22. The van der Waals surface area contributed by atoms with Gasteiger partial charge < -0.3 is 0 Å². The van der Waals surface area contributed by atoms with Gasteiger partial charge in [0, 0.05) is 0 Å². The van der Waals surface area contributed by atoms with Crippen LogP contribution in [-0.4, -0.2) is 14.5 Å². The van der Waals surface area contributed by atoms with Crippen LogP contribution >= 0.6 is 0 Å². The quantitative estimate of drug-likeness (QED) is 0.695. The first-order valence-corrected chi connectivity index (χ1v) is 4.96. The molecule has 72 valence electrons. The van der Waals surface area contributed by atoms with Gasteiger partial charge >= 0.3 is 10.5 Å². The fraction of sp³-hybridized carbons (Fsp3) is 0.333. The summed E-state index contributed by atoms with van der Waals surface area (Å²) in [5.41, 5.74) is 0. The average molecular weight is 199 g/mol. The Labute approximate surface area is 80.1 Å². The molecule has 0 spiro atoms. The minimum Gasteiger partial charge on any atom is -0.169 e. The molecule has 0 unspecified atom stereocenters. The molecule has 1 aromatic carbocycles. The third kappa shape index (κ3) is 10.8. The number of hydrogen-bond acceptors (Lipinski definition) is 3. The molecule has 0 fully saturated rings. The topological polar surface area (TPSA) is 46.5 Å². The van der Waals surface area contributed by atoms with E-state index in [1.807, 2.05) is 36.4 Å². The fourth-order valence-corrected chi connectivity index (χ4v) is 0.901.